The molecule has 138 valence electrons. The van der Waals surface area contributed by atoms with Gasteiger partial charge in [-0.3, -0.25) is 4.79 Å². The lowest BCUT2D eigenvalue weighted by atomic mass is 10.2. The summed E-state index contributed by atoms with van der Waals surface area (Å²) in [6, 6.07) is 7.05. The number of thioether (sulfide) groups is 1. The fourth-order valence-electron chi connectivity index (χ4n) is 2.18. The maximum Gasteiger partial charge on any atom is 0.317 e. The first-order chi connectivity index (χ1) is 12.3. The number of esters is 1. The van der Waals surface area contributed by atoms with Crippen LogP contribution in [0.2, 0.25) is 10.0 Å². The summed E-state index contributed by atoms with van der Waals surface area (Å²) < 4.78 is 6.87. The molecule has 0 aliphatic rings. The van der Waals surface area contributed by atoms with Crippen LogP contribution in [0.25, 0.3) is 11.4 Å². The van der Waals surface area contributed by atoms with E-state index in [1.54, 1.807) is 18.2 Å². The van der Waals surface area contributed by atoms with Crippen LogP contribution >= 0.6 is 35.0 Å². The van der Waals surface area contributed by atoms with Crippen LogP contribution in [0.4, 0.5) is 0 Å². The van der Waals surface area contributed by atoms with E-state index in [-0.39, 0.29) is 5.75 Å². The second-order valence-corrected chi connectivity index (χ2v) is 7.77. The van der Waals surface area contributed by atoms with Gasteiger partial charge in [-0.2, -0.15) is 5.26 Å². The Morgan fingerprint density at radius 2 is 2.08 bits per heavy atom. The number of ether oxygens (including phenoxy) is 1. The second kappa shape index (κ2) is 9.26. The molecule has 0 amide bonds. The summed E-state index contributed by atoms with van der Waals surface area (Å²) in [4.78, 5) is 11.8. The van der Waals surface area contributed by atoms with Crippen LogP contribution in [-0.2, 0) is 16.1 Å². The number of rotatable bonds is 7. The lowest BCUT2D eigenvalue weighted by molar-refractivity contribution is -0.142. The fraction of sp³-hybridized carbons (Fsp3) is 0.412. The summed E-state index contributed by atoms with van der Waals surface area (Å²) >= 11 is 13.5. The molecule has 0 aliphatic carbocycles. The van der Waals surface area contributed by atoms with E-state index in [2.05, 4.69) is 24.0 Å². The van der Waals surface area contributed by atoms with Crippen molar-refractivity contribution in [1.29, 1.82) is 5.26 Å². The molecule has 0 radical (unpaired) electrons. The lowest BCUT2D eigenvalue weighted by Gasteiger charge is -2.13. The maximum atomic E-state index is 11.8. The van der Waals surface area contributed by atoms with E-state index in [0.717, 1.165) is 5.56 Å². The van der Waals surface area contributed by atoms with Gasteiger partial charge in [-0.1, -0.05) is 48.8 Å². The molecule has 0 unspecified atom stereocenters. The second-order valence-electron chi connectivity index (χ2n) is 5.98. The Bertz CT molecular complexity index is 833. The summed E-state index contributed by atoms with van der Waals surface area (Å²) in [5.74, 6) is 0.507. The van der Waals surface area contributed by atoms with Crippen LogP contribution in [-0.4, -0.2) is 32.6 Å². The number of halogens is 2. The van der Waals surface area contributed by atoms with E-state index in [9.17, 15) is 4.79 Å². The van der Waals surface area contributed by atoms with Crippen LogP contribution in [0, 0.1) is 17.2 Å². The number of benzene rings is 1. The monoisotopic (exact) mass is 412 g/mol. The van der Waals surface area contributed by atoms with Crippen molar-refractivity contribution in [3.05, 3.63) is 28.2 Å². The van der Waals surface area contributed by atoms with E-state index in [1.165, 1.54) is 18.7 Å². The molecule has 1 aromatic heterocycles. The number of aromatic nitrogens is 3. The Balaban J connectivity index is 2.26. The van der Waals surface area contributed by atoms with Gasteiger partial charge in [0.25, 0.3) is 0 Å². The highest BCUT2D eigenvalue weighted by molar-refractivity contribution is 7.99. The molecule has 0 saturated carbocycles. The minimum absolute atomic E-state index is 0.0383. The molecule has 0 spiro atoms. The predicted molar refractivity (Wildman–Crippen MR) is 102 cm³/mol. The van der Waals surface area contributed by atoms with Gasteiger partial charge in [-0.25, -0.2) is 0 Å². The van der Waals surface area contributed by atoms with Gasteiger partial charge in [0, 0.05) is 17.1 Å². The normalized spacial score (nSPS) is 12.0. The number of carbonyl (C=O) groups excluding carboxylic acids is 1. The first-order valence-electron chi connectivity index (χ1n) is 7.92. The molecule has 6 nitrogen and oxygen atoms in total. The van der Waals surface area contributed by atoms with Crippen molar-refractivity contribution < 1.29 is 9.53 Å². The highest BCUT2D eigenvalue weighted by Gasteiger charge is 2.19. The van der Waals surface area contributed by atoms with Gasteiger partial charge < -0.3 is 9.30 Å². The molecule has 1 heterocycles. The largest absolute Gasteiger partial charge is 0.447 e. The van der Waals surface area contributed by atoms with E-state index < -0.39 is 12.1 Å². The van der Waals surface area contributed by atoms with Crippen molar-refractivity contribution in [2.45, 2.75) is 38.6 Å². The minimum atomic E-state index is -0.778. The number of hydrogen-bond acceptors (Lipinski definition) is 6. The van der Waals surface area contributed by atoms with E-state index in [4.69, 9.17) is 33.2 Å². The third-order valence-corrected chi connectivity index (χ3v) is 4.73. The summed E-state index contributed by atoms with van der Waals surface area (Å²) in [5.41, 5.74) is 0.719. The number of nitriles is 1. The highest BCUT2D eigenvalue weighted by atomic mass is 35.5. The SMILES string of the molecule is CC(C)Cn1c(SCC(=O)O[C@H](C)C#N)nnc1-c1ccc(Cl)cc1Cl. The van der Waals surface area contributed by atoms with Gasteiger partial charge in [-0.15, -0.1) is 10.2 Å². The third kappa shape index (κ3) is 5.37. The van der Waals surface area contributed by atoms with Gasteiger partial charge in [0.05, 0.1) is 10.8 Å². The van der Waals surface area contributed by atoms with Crippen molar-refractivity contribution in [2.75, 3.05) is 5.75 Å². The first kappa shape index (κ1) is 20.6. The van der Waals surface area contributed by atoms with Crippen LogP contribution in [0.5, 0.6) is 0 Å². The Hall–Kier alpha value is -1.75. The Morgan fingerprint density at radius 1 is 1.35 bits per heavy atom. The average Bonchev–Trinajstić information content (AvgIpc) is 2.94. The summed E-state index contributed by atoms with van der Waals surface area (Å²) in [6.45, 7) is 6.33. The molecule has 0 N–H and O–H groups in total. The molecule has 0 fully saturated rings. The lowest BCUT2D eigenvalue weighted by Crippen LogP contribution is -2.15. The van der Waals surface area contributed by atoms with Crippen LogP contribution in [0.1, 0.15) is 20.8 Å². The number of carbonyl (C=O) groups is 1. The van der Waals surface area contributed by atoms with Gasteiger partial charge in [-0.05, 0) is 31.0 Å². The molecule has 26 heavy (non-hydrogen) atoms. The molecule has 1 atom stereocenters. The zero-order chi connectivity index (χ0) is 19.3. The van der Waals surface area contributed by atoms with Crippen molar-refractivity contribution in [2.24, 2.45) is 5.92 Å². The summed E-state index contributed by atoms with van der Waals surface area (Å²) in [5, 5.41) is 18.7. The fourth-order valence-corrected chi connectivity index (χ4v) is 3.40. The van der Waals surface area contributed by atoms with Crippen LogP contribution in [0.15, 0.2) is 23.4 Å². The average molecular weight is 413 g/mol. The van der Waals surface area contributed by atoms with Crippen molar-refractivity contribution in [1.82, 2.24) is 14.8 Å². The standard InChI is InChI=1S/C17H18Cl2N4O2S/c1-10(2)8-23-16(13-5-4-12(18)6-14(13)19)21-22-17(23)26-9-15(24)25-11(3)7-20/h4-6,10-11H,8-9H2,1-3H3/t11-/m1/s1. The minimum Gasteiger partial charge on any atom is -0.447 e. The quantitative estimate of drug-likeness (QED) is 0.493. The van der Waals surface area contributed by atoms with Crippen LogP contribution < -0.4 is 0 Å². The van der Waals surface area contributed by atoms with Crippen LogP contribution in [0.3, 0.4) is 0 Å². The molecule has 2 aromatic rings. The first-order valence-corrected chi connectivity index (χ1v) is 9.66. The molecular weight excluding hydrogens is 395 g/mol. The summed E-state index contributed by atoms with van der Waals surface area (Å²) in [6.07, 6.45) is -0.778. The van der Waals surface area contributed by atoms with Crippen molar-refractivity contribution in [3.8, 4) is 17.5 Å². The molecule has 0 aliphatic heterocycles. The smallest absolute Gasteiger partial charge is 0.317 e. The topological polar surface area (TPSA) is 80.8 Å². The number of hydrogen-bond donors (Lipinski definition) is 0. The zero-order valence-corrected chi connectivity index (χ0v) is 16.9. The van der Waals surface area contributed by atoms with Gasteiger partial charge in [0.2, 0.25) is 0 Å². The Morgan fingerprint density at radius 3 is 2.69 bits per heavy atom. The Kier molecular flexibility index (Phi) is 7.33. The summed E-state index contributed by atoms with van der Waals surface area (Å²) in [7, 11) is 0. The van der Waals surface area contributed by atoms with Gasteiger partial charge >= 0.3 is 5.97 Å². The van der Waals surface area contributed by atoms with E-state index >= 15 is 0 Å². The third-order valence-electron chi connectivity index (χ3n) is 3.25. The van der Waals surface area contributed by atoms with Crippen molar-refractivity contribution >= 4 is 40.9 Å². The maximum absolute atomic E-state index is 11.8. The predicted octanol–water partition coefficient (Wildman–Crippen LogP) is 4.46. The molecule has 1 aromatic carbocycles. The molecular formula is C17H18Cl2N4O2S. The zero-order valence-electron chi connectivity index (χ0n) is 14.6. The van der Waals surface area contributed by atoms with Gasteiger partial charge in [0.1, 0.15) is 6.07 Å². The molecule has 0 bridgehead atoms. The highest BCUT2D eigenvalue weighted by Crippen LogP contribution is 2.32. The molecule has 0 saturated heterocycles. The van der Waals surface area contributed by atoms with E-state index in [0.29, 0.717) is 33.5 Å². The molecule has 9 heteroatoms. The van der Waals surface area contributed by atoms with E-state index in [1.807, 2.05) is 10.6 Å². The number of nitrogens with zero attached hydrogens (tertiary/aromatic N) is 4. The van der Waals surface area contributed by atoms with Gasteiger partial charge in [0.15, 0.2) is 17.1 Å². The molecule has 2 rings (SSSR count). The van der Waals surface area contributed by atoms with Crippen molar-refractivity contribution in [3.63, 3.8) is 0 Å². The Labute approximate surface area is 166 Å².